The second kappa shape index (κ2) is 3.20. The lowest BCUT2D eigenvalue weighted by Gasteiger charge is -2.20. The van der Waals surface area contributed by atoms with Crippen molar-refractivity contribution < 1.29 is 9.26 Å². The largest absolute Gasteiger partial charge is 0.378 e. The van der Waals surface area contributed by atoms with Gasteiger partial charge in [-0.15, -0.1) is 0 Å². The highest BCUT2D eigenvalue weighted by atomic mass is 16.5. The van der Waals surface area contributed by atoms with Crippen LogP contribution in [0.4, 0.5) is 0 Å². The van der Waals surface area contributed by atoms with Gasteiger partial charge >= 0.3 is 0 Å². The number of hydrogen-bond acceptors (Lipinski definition) is 5. The Kier molecular flexibility index (Phi) is 2.05. The maximum Gasteiger partial charge on any atom is 0.223 e. The standard InChI is InChI=1S/C7H11N3O2/c1-5-9-7(10-12-5)6-4-11-3-2-8-6/h6,8H,2-4H2,1H3/t6-/m0/s1. The van der Waals surface area contributed by atoms with Gasteiger partial charge in [-0.05, 0) is 0 Å². The summed E-state index contributed by atoms with van der Waals surface area (Å²) in [5, 5.41) is 7.05. The van der Waals surface area contributed by atoms with E-state index in [1.165, 1.54) is 0 Å². The molecule has 1 saturated heterocycles. The van der Waals surface area contributed by atoms with Crippen molar-refractivity contribution in [2.75, 3.05) is 19.8 Å². The second-order valence-corrected chi connectivity index (χ2v) is 2.75. The molecule has 2 rings (SSSR count). The summed E-state index contributed by atoms with van der Waals surface area (Å²) < 4.78 is 10.1. The van der Waals surface area contributed by atoms with Gasteiger partial charge < -0.3 is 14.6 Å². The van der Waals surface area contributed by atoms with E-state index in [1.54, 1.807) is 6.92 Å². The average molecular weight is 169 g/mol. The van der Waals surface area contributed by atoms with Crippen molar-refractivity contribution in [2.45, 2.75) is 13.0 Å². The van der Waals surface area contributed by atoms with Gasteiger partial charge in [-0.25, -0.2) is 0 Å². The molecule has 1 N–H and O–H groups in total. The van der Waals surface area contributed by atoms with Gasteiger partial charge in [0.05, 0.1) is 19.3 Å². The Morgan fingerprint density at radius 3 is 3.08 bits per heavy atom. The Hall–Kier alpha value is -0.940. The minimum Gasteiger partial charge on any atom is -0.378 e. The number of hydrogen-bond donors (Lipinski definition) is 1. The summed E-state index contributed by atoms with van der Waals surface area (Å²) in [7, 11) is 0. The number of nitrogens with one attached hydrogen (secondary N) is 1. The maximum atomic E-state index is 5.26. The summed E-state index contributed by atoms with van der Waals surface area (Å²) in [5.74, 6) is 1.28. The number of morpholine rings is 1. The quantitative estimate of drug-likeness (QED) is 0.643. The van der Waals surface area contributed by atoms with Gasteiger partial charge in [-0.2, -0.15) is 4.98 Å². The van der Waals surface area contributed by atoms with E-state index in [2.05, 4.69) is 15.5 Å². The second-order valence-electron chi connectivity index (χ2n) is 2.75. The van der Waals surface area contributed by atoms with E-state index in [1.807, 2.05) is 0 Å². The van der Waals surface area contributed by atoms with Crippen LogP contribution in [0.2, 0.25) is 0 Å². The smallest absolute Gasteiger partial charge is 0.223 e. The van der Waals surface area contributed by atoms with Crippen LogP contribution in [0, 0.1) is 6.92 Å². The van der Waals surface area contributed by atoms with E-state index in [9.17, 15) is 0 Å². The lowest BCUT2D eigenvalue weighted by Crippen LogP contribution is -2.35. The minimum atomic E-state index is 0.0937. The molecule has 0 aliphatic carbocycles. The number of rotatable bonds is 1. The zero-order valence-electron chi connectivity index (χ0n) is 6.91. The summed E-state index contributed by atoms with van der Waals surface area (Å²) in [5.41, 5.74) is 0. The molecule has 66 valence electrons. The van der Waals surface area contributed by atoms with Crippen molar-refractivity contribution in [3.8, 4) is 0 Å². The fourth-order valence-electron chi connectivity index (χ4n) is 1.19. The highest BCUT2D eigenvalue weighted by Crippen LogP contribution is 2.11. The fraction of sp³-hybridized carbons (Fsp3) is 0.714. The van der Waals surface area contributed by atoms with E-state index >= 15 is 0 Å². The van der Waals surface area contributed by atoms with Gasteiger partial charge in [0.15, 0.2) is 5.82 Å². The Balaban J connectivity index is 2.08. The molecule has 12 heavy (non-hydrogen) atoms. The van der Waals surface area contributed by atoms with Crippen molar-refractivity contribution in [2.24, 2.45) is 0 Å². The SMILES string of the molecule is Cc1nc([C@@H]2COCCN2)no1. The summed E-state index contributed by atoms with van der Waals surface area (Å²) in [6.07, 6.45) is 0. The fourth-order valence-corrected chi connectivity index (χ4v) is 1.19. The predicted molar refractivity (Wildman–Crippen MR) is 40.6 cm³/mol. The molecule has 0 spiro atoms. The molecule has 0 amide bonds. The van der Waals surface area contributed by atoms with Crippen LogP contribution in [0.25, 0.3) is 0 Å². The van der Waals surface area contributed by atoms with Crippen LogP contribution in [0.5, 0.6) is 0 Å². The third-order valence-electron chi connectivity index (χ3n) is 1.78. The molecule has 1 aromatic heterocycles. The zero-order valence-corrected chi connectivity index (χ0v) is 6.91. The van der Waals surface area contributed by atoms with E-state index in [-0.39, 0.29) is 6.04 Å². The zero-order chi connectivity index (χ0) is 8.39. The van der Waals surface area contributed by atoms with Gasteiger partial charge in [0.2, 0.25) is 5.89 Å². The molecule has 1 aromatic rings. The molecule has 0 bridgehead atoms. The van der Waals surface area contributed by atoms with E-state index in [0.717, 1.165) is 13.2 Å². The van der Waals surface area contributed by atoms with E-state index < -0.39 is 0 Å². The topological polar surface area (TPSA) is 60.2 Å². The Labute approximate surface area is 70.1 Å². The van der Waals surface area contributed by atoms with E-state index in [4.69, 9.17) is 9.26 Å². The first-order valence-electron chi connectivity index (χ1n) is 3.97. The van der Waals surface area contributed by atoms with Gasteiger partial charge in [0, 0.05) is 13.5 Å². The first-order chi connectivity index (χ1) is 5.86. The molecular formula is C7H11N3O2. The van der Waals surface area contributed by atoms with Crippen LogP contribution in [-0.2, 0) is 4.74 Å². The Bertz CT molecular complexity index is 255. The lowest BCUT2D eigenvalue weighted by atomic mass is 10.3. The van der Waals surface area contributed by atoms with Gasteiger partial charge in [0.25, 0.3) is 0 Å². The Morgan fingerprint density at radius 1 is 1.58 bits per heavy atom. The monoisotopic (exact) mass is 169 g/mol. The molecular weight excluding hydrogens is 158 g/mol. The summed E-state index contributed by atoms with van der Waals surface area (Å²) in [6, 6.07) is 0.0937. The summed E-state index contributed by atoms with van der Waals surface area (Å²) in [6.45, 7) is 4.00. The summed E-state index contributed by atoms with van der Waals surface area (Å²) in [4.78, 5) is 4.11. The number of ether oxygens (including phenoxy) is 1. The third-order valence-corrected chi connectivity index (χ3v) is 1.78. The van der Waals surface area contributed by atoms with Crippen molar-refractivity contribution in [1.29, 1.82) is 0 Å². The molecule has 5 nitrogen and oxygen atoms in total. The first kappa shape index (κ1) is 7.70. The van der Waals surface area contributed by atoms with Crippen LogP contribution in [0.3, 0.4) is 0 Å². The molecule has 0 unspecified atom stereocenters. The molecule has 0 radical (unpaired) electrons. The first-order valence-corrected chi connectivity index (χ1v) is 3.97. The number of aromatic nitrogens is 2. The molecule has 2 heterocycles. The van der Waals surface area contributed by atoms with Gasteiger partial charge in [0.1, 0.15) is 0 Å². The van der Waals surface area contributed by atoms with Crippen molar-refractivity contribution >= 4 is 0 Å². The van der Waals surface area contributed by atoms with Crippen molar-refractivity contribution in [3.63, 3.8) is 0 Å². The average Bonchev–Trinajstić information content (AvgIpc) is 2.54. The molecule has 0 saturated carbocycles. The highest BCUT2D eigenvalue weighted by molar-refractivity contribution is 4.94. The van der Waals surface area contributed by atoms with Crippen LogP contribution in [0.1, 0.15) is 17.8 Å². The van der Waals surface area contributed by atoms with Gasteiger partial charge in [-0.1, -0.05) is 5.16 Å². The Morgan fingerprint density at radius 2 is 2.50 bits per heavy atom. The van der Waals surface area contributed by atoms with Crippen LogP contribution >= 0.6 is 0 Å². The number of nitrogens with zero attached hydrogens (tertiary/aromatic N) is 2. The lowest BCUT2D eigenvalue weighted by molar-refractivity contribution is 0.0734. The number of aryl methyl sites for hydroxylation is 1. The minimum absolute atomic E-state index is 0.0937. The molecule has 1 aliphatic heterocycles. The maximum absolute atomic E-state index is 5.26. The molecule has 1 fully saturated rings. The molecule has 1 atom stereocenters. The normalized spacial score (nSPS) is 24.2. The van der Waals surface area contributed by atoms with Crippen LogP contribution in [0.15, 0.2) is 4.52 Å². The van der Waals surface area contributed by atoms with Crippen LogP contribution in [-0.4, -0.2) is 29.9 Å². The third kappa shape index (κ3) is 1.46. The predicted octanol–water partition coefficient (Wildman–Crippen LogP) is 0.0389. The molecule has 1 aliphatic rings. The van der Waals surface area contributed by atoms with Gasteiger partial charge in [-0.3, -0.25) is 0 Å². The summed E-state index contributed by atoms with van der Waals surface area (Å²) >= 11 is 0. The van der Waals surface area contributed by atoms with Crippen molar-refractivity contribution in [1.82, 2.24) is 15.5 Å². The highest BCUT2D eigenvalue weighted by Gasteiger charge is 2.19. The molecule has 0 aromatic carbocycles. The van der Waals surface area contributed by atoms with Crippen LogP contribution < -0.4 is 5.32 Å². The van der Waals surface area contributed by atoms with E-state index in [0.29, 0.717) is 18.3 Å². The molecule has 5 heteroatoms. The van der Waals surface area contributed by atoms with Crippen molar-refractivity contribution in [3.05, 3.63) is 11.7 Å².